The minimum Gasteiger partial charge on any atom is -0.286 e. The molecule has 1 aromatic heterocycles. The first-order valence-electron chi connectivity index (χ1n) is 8.08. The fraction of sp³-hybridized carbons (Fsp3) is 0. The van der Waals surface area contributed by atoms with E-state index in [9.17, 15) is 0 Å². The minimum atomic E-state index is -0.446. The van der Waals surface area contributed by atoms with Gasteiger partial charge < -0.3 is 0 Å². The van der Waals surface area contributed by atoms with Gasteiger partial charge in [-0.2, -0.15) is 5.10 Å². The number of aromatic nitrogens is 2. The molecule has 0 aliphatic rings. The van der Waals surface area contributed by atoms with Gasteiger partial charge in [-0.05, 0) is 29.9 Å². The summed E-state index contributed by atoms with van der Waals surface area (Å²) < 4.78 is 0. The third-order valence-corrected chi connectivity index (χ3v) is 5.89. The molecule has 4 rings (SSSR count). The number of rotatable bonds is 3. The van der Waals surface area contributed by atoms with Gasteiger partial charge in [0.15, 0.2) is 0 Å². The summed E-state index contributed by atoms with van der Waals surface area (Å²) in [6.07, 6.45) is 3.46. The first-order chi connectivity index (χ1) is 13.4. The number of hydrogen-bond donors (Lipinski definition) is 1. The van der Waals surface area contributed by atoms with Crippen LogP contribution in [-0.4, -0.2) is 10.2 Å². The number of H-pyrrole nitrogens is 1. The Morgan fingerprint density at radius 3 is 1.22 bits per heavy atom. The molecule has 6 heteroatoms. The van der Waals surface area contributed by atoms with Crippen LogP contribution in [0.2, 0.25) is 0 Å². The van der Waals surface area contributed by atoms with Crippen molar-refractivity contribution in [1.29, 1.82) is 0 Å². The molecule has 0 saturated carbocycles. The number of nitrogens with zero attached hydrogens (tertiary/aromatic N) is 1. The van der Waals surface area contributed by atoms with Gasteiger partial charge in [-0.1, -0.05) is 91.0 Å². The maximum Gasteiger partial charge on any atom is 0.0487 e. The van der Waals surface area contributed by atoms with Crippen LogP contribution in [-0.2, 0) is 15.9 Å². The number of hydrogen-bond acceptors (Lipinski definition) is 1. The summed E-state index contributed by atoms with van der Waals surface area (Å²) in [7, 11) is 9.18. The summed E-state index contributed by atoms with van der Waals surface area (Å²) in [6, 6.07) is 34.2. The van der Waals surface area contributed by atoms with E-state index in [4.69, 9.17) is 19.1 Å². The number of benzene rings is 3. The van der Waals surface area contributed by atoms with Crippen molar-refractivity contribution in [1.82, 2.24) is 10.2 Å². The molecule has 0 radical (unpaired) electrons. The van der Waals surface area contributed by atoms with Gasteiger partial charge in [0.2, 0.25) is 0 Å². The fourth-order valence-corrected chi connectivity index (χ4v) is 4.70. The Morgan fingerprint density at radius 2 is 1.00 bits per heavy atom. The Kier molecular flexibility index (Phi) is 11.1. The molecule has 0 unspecified atom stereocenters. The van der Waals surface area contributed by atoms with Gasteiger partial charge in [-0.25, -0.2) is 0 Å². The molecule has 27 heavy (non-hydrogen) atoms. The molecule has 0 atom stereocenters. The average molecular weight is 508 g/mol. The molecule has 2 nitrogen and oxygen atoms in total. The maximum absolute atomic E-state index is 4.81. The summed E-state index contributed by atoms with van der Waals surface area (Å²) in [5, 5.41) is 10.4. The van der Waals surface area contributed by atoms with E-state index in [0.29, 0.717) is 0 Å². The Hall–Kier alpha value is -1.46. The van der Waals surface area contributed by atoms with E-state index in [-0.39, 0.29) is 15.9 Å². The van der Waals surface area contributed by atoms with Crippen molar-refractivity contribution >= 4 is 42.9 Å². The zero-order chi connectivity index (χ0) is 19.2. The molecule has 1 N–H and O–H groups in total. The standard InChI is InChI=1S/C18H15P.C3H4N2.2ClH.Pd/c1-4-10-16(11-5-1)19(17-12-6-2-7-13-17)18-14-8-3-9-15-18;1-2-4-5-3-1;;;/h1-15H;1-3H,(H,4,5);2*1H;/q;;;;+2/p-2. The Morgan fingerprint density at radius 1 is 0.630 bits per heavy atom. The number of halogens is 2. The van der Waals surface area contributed by atoms with Crippen LogP contribution >= 0.6 is 27.0 Å². The fourth-order valence-electron chi connectivity index (χ4n) is 2.39. The summed E-state index contributed by atoms with van der Waals surface area (Å²) >= 11 is -0.106. The van der Waals surface area contributed by atoms with Gasteiger partial charge in [-0.15, -0.1) is 0 Å². The van der Waals surface area contributed by atoms with E-state index in [1.807, 2.05) is 6.07 Å². The van der Waals surface area contributed by atoms with Crippen molar-refractivity contribution < 1.29 is 15.9 Å². The van der Waals surface area contributed by atoms with E-state index >= 15 is 0 Å². The molecule has 1 heterocycles. The monoisotopic (exact) mass is 506 g/mol. The summed E-state index contributed by atoms with van der Waals surface area (Å²) in [6.45, 7) is 0. The van der Waals surface area contributed by atoms with Crippen LogP contribution < -0.4 is 15.9 Å². The van der Waals surface area contributed by atoms with Gasteiger partial charge in [0.25, 0.3) is 0 Å². The van der Waals surface area contributed by atoms with Gasteiger partial charge in [-0.3, -0.25) is 5.10 Å². The topological polar surface area (TPSA) is 28.7 Å². The third kappa shape index (κ3) is 7.98. The van der Waals surface area contributed by atoms with Crippen LogP contribution in [0.15, 0.2) is 109 Å². The van der Waals surface area contributed by atoms with Crippen molar-refractivity contribution in [3.63, 3.8) is 0 Å². The molecule has 4 aromatic rings. The van der Waals surface area contributed by atoms with Crippen LogP contribution in [0.4, 0.5) is 0 Å². The van der Waals surface area contributed by atoms with Gasteiger partial charge in [0.1, 0.15) is 0 Å². The van der Waals surface area contributed by atoms with Gasteiger partial charge >= 0.3 is 35.0 Å². The van der Waals surface area contributed by atoms with Gasteiger partial charge in [0, 0.05) is 12.4 Å². The second-order valence-corrected chi connectivity index (χ2v) is 9.73. The van der Waals surface area contributed by atoms with Crippen molar-refractivity contribution in [3.05, 3.63) is 109 Å². The summed E-state index contributed by atoms with van der Waals surface area (Å²) in [4.78, 5) is 0. The summed E-state index contributed by atoms with van der Waals surface area (Å²) in [5.41, 5.74) is 0. The van der Waals surface area contributed by atoms with E-state index in [1.165, 1.54) is 15.9 Å². The Bertz CT molecular complexity index is 721. The molecule has 3 aromatic carbocycles. The van der Waals surface area contributed by atoms with Crippen LogP contribution in [0.1, 0.15) is 0 Å². The first kappa shape index (κ1) is 21.8. The molecular formula is C21H19Cl2N2PPd. The quantitative estimate of drug-likeness (QED) is 0.299. The number of aromatic amines is 1. The maximum atomic E-state index is 4.81. The molecule has 0 bridgehead atoms. The molecule has 0 amide bonds. The normalized spacial score (nSPS) is 9.74. The summed E-state index contributed by atoms with van der Waals surface area (Å²) in [5.74, 6) is 0. The SMILES string of the molecule is [Cl][Pd][Cl].c1ccc(P(c2ccccc2)c2ccccc2)cc1.c1cn[nH]c1. The largest absolute Gasteiger partial charge is 0.286 e. The number of nitrogens with one attached hydrogen (secondary N) is 1. The molecule has 0 saturated heterocycles. The predicted octanol–water partition coefficient (Wildman–Crippen LogP) is 5.23. The van der Waals surface area contributed by atoms with Crippen LogP contribution in [0.25, 0.3) is 0 Å². The van der Waals surface area contributed by atoms with E-state index in [2.05, 4.69) is 101 Å². The third-order valence-electron chi connectivity index (χ3n) is 3.45. The second-order valence-electron chi connectivity index (χ2n) is 5.15. The van der Waals surface area contributed by atoms with Crippen molar-refractivity contribution in [3.8, 4) is 0 Å². The van der Waals surface area contributed by atoms with E-state index in [1.54, 1.807) is 12.4 Å². The smallest absolute Gasteiger partial charge is 0.0487 e. The Labute approximate surface area is 177 Å². The molecular weight excluding hydrogens is 489 g/mol. The molecule has 0 aliphatic heterocycles. The Balaban J connectivity index is 0.000000274. The van der Waals surface area contributed by atoms with E-state index in [0.717, 1.165) is 0 Å². The van der Waals surface area contributed by atoms with Crippen molar-refractivity contribution in [2.24, 2.45) is 0 Å². The van der Waals surface area contributed by atoms with Crippen molar-refractivity contribution in [2.75, 3.05) is 0 Å². The second kappa shape index (κ2) is 13.7. The van der Waals surface area contributed by atoms with Crippen LogP contribution in [0.5, 0.6) is 0 Å². The zero-order valence-electron chi connectivity index (χ0n) is 14.4. The predicted molar refractivity (Wildman–Crippen MR) is 115 cm³/mol. The van der Waals surface area contributed by atoms with Crippen molar-refractivity contribution in [2.45, 2.75) is 0 Å². The minimum absolute atomic E-state index is 0.106. The molecule has 0 spiro atoms. The molecule has 142 valence electrons. The zero-order valence-corrected chi connectivity index (χ0v) is 18.3. The van der Waals surface area contributed by atoms with E-state index < -0.39 is 7.92 Å². The van der Waals surface area contributed by atoms with Crippen LogP contribution in [0.3, 0.4) is 0 Å². The molecule has 0 fully saturated rings. The van der Waals surface area contributed by atoms with Gasteiger partial charge in [0.05, 0.1) is 0 Å². The first-order valence-corrected chi connectivity index (χ1v) is 13.4. The van der Waals surface area contributed by atoms with Crippen LogP contribution in [0, 0.1) is 0 Å². The average Bonchev–Trinajstić information content (AvgIpc) is 3.32. The molecule has 0 aliphatic carbocycles.